The molecule has 0 amide bonds. The van der Waals surface area contributed by atoms with Crippen LogP contribution in [0.3, 0.4) is 0 Å². The summed E-state index contributed by atoms with van der Waals surface area (Å²) in [7, 11) is 0. The molecule has 0 aromatic heterocycles. The van der Waals surface area contributed by atoms with Crippen LogP contribution in [0.5, 0.6) is 5.75 Å². The van der Waals surface area contributed by atoms with Crippen molar-refractivity contribution < 1.29 is 14.6 Å². The lowest BCUT2D eigenvalue weighted by molar-refractivity contribution is 0.159. The van der Waals surface area contributed by atoms with E-state index in [2.05, 4.69) is 0 Å². The van der Waals surface area contributed by atoms with Gasteiger partial charge in [0, 0.05) is 6.61 Å². The van der Waals surface area contributed by atoms with E-state index < -0.39 is 5.82 Å². The minimum Gasteiger partial charge on any atom is -0.505 e. The maximum absolute atomic E-state index is 12.9. The number of aliphatic hydroxyl groups excluding tert-OH is 1. The first-order valence-corrected chi connectivity index (χ1v) is 4.53. The lowest BCUT2D eigenvalue weighted by Crippen LogP contribution is -2.19. The van der Waals surface area contributed by atoms with Gasteiger partial charge in [0.25, 0.3) is 0 Å². The first kappa shape index (κ1) is 11.0. The predicted octanol–water partition coefficient (Wildman–Crippen LogP) is 2.09. The minimum absolute atomic E-state index is 0.0511. The molecule has 0 spiro atoms. The van der Waals surface area contributed by atoms with Crippen molar-refractivity contribution >= 4 is 0 Å². The lowest BCUT2D eigenvalue weighted by Gasteiger charge is -2.21. The molecule has 2 N–H and O–H groups in total. The highest BCUT2D eigenvalue weighted by molar-refractivity contribution is 5.28. The summed E-state index contributed by atoms with van der Waals surface area (Å²) < 4.78 is 12.9. The molecule has 0 saturated heterocycles. The van der Waals surface area contributed by atoms with Crippen LogP contribution in [0.25, 0.3) is 0 Å². The van der Waals surface area contributed by atoms with Gasteiger partial charge >= 0.3 is 0 Å². The van der Waals surface area contributed by atoms with E-state index >= 15 is 0 Å². The molecule has 0 fully saturated rings. The fourth-order valence-electron chi connectivity index (χ4n) is 1.27. The van der Waals surface area contributed by atoms with Gasteiger partial charge in [0.1, 0.15) is 0 Å². The Labute approximate surface area is 83.0 Å². The third-order valence-corrected chi connectivity index (χ3v) is 2.12. The highest BCUT2D eigenvalue weighted by atomic mass is 19.1. The van der Waals surface area contributed by atoms with Gasteiger partial charge in [-0.2, -0.15) is 0 Å². The maximum Gasteiger partial charge on any atom is 0.165 e. The van der Waals surface area contributed by atoms with Crippen molar-refractivity contribution in [2.75, 3.05) is 6.61 Å². The molecule has 1 aromatic rings. The van der Waals surface area contributed by atoms with E-state index in [-0.39, 0.29) is 17.8 Å². The molecule has 3 heteroatoms. The molecular formula is C11H15FO2. The molecule has 0 aliphatic carbocycles. The van der Waals surface area contributed by atoms with Gasteiger partial charge in [-0.15, -0.1) is 0 Å². The van der Waals surface area contributed by atoms with E-state index in [4.69, 9.17) is 10.2 Å². The standard InChI is InChI=1S/C11H15FO2/c1-11(2,7-13)6-8-3-4-10(14)9(12)5-8/h3-5,13-14H,6-7H2,1-2H3. The van der Waals surface area contributed by atoms with E-state index in [0.29, 0.717) is 6.42 Å². The smallest absolute Gasteiger partial charge is 0.165 e. The molecule has 0 saturated carbocycles. The number of phenols is 1. The Morgan fingerprint density at radius 1 is 1.36 bits per heavy atom. The number of benzene rings is 1. The molecule has 78 valence electrons. The number of hydrogen-bond acceptors (Lipinski definition) is 2. The SMILES string of the molecule is CC(C)(CO)Cc1ccc(O)c(F)c1. The van der Waals surface area contributed by atoms with Crippen LogP contribution in [0.4, 0.5) is 4.39 Å². The van der Waals surface area contributed by atoms with Crippen LogP contribution in [0.2, 0.25) is 0 Å². The molecular weight excluding hydrogens is 183 g/mol. The number of halogens is 1. The first-order valence-electron chi connectivity index (χ1n) is 4.53. The van der Waals surface area contributed by atoms with Crippen molar-refractivity contribution in [1.82, 2.24) is 0 Å². The Bertz CT molecular complexity index is 321. The molecule has 0 heterocycles. The highest BCUT2D eigenvalue weighted by Crippen LogP contribution is 2.23. The summed E-state index contributed by atoms with van der Waals surface area (Å²) in [5, 5.41) is 18.0. The second-order valence-electron chi connectivity index (χ2n) is 4.28. The lowest BCUT2D eigenvalue weighted by atomic mass is 9.87. The third kappa shape index (κ3) is 2.70. The molecule has 0 bridgehead atoms. The van der Waals surface area contributed by atoms with Crippen molar-refractivity contribution in [3.8, 4) is 5.75 Å². The Hall–Kier alpha value is -1.09. The fraction of sp³-hybridized carbons (Fsp3) is 0.455. The van der Waals surface area contributed by atoms with Crippen LogP contribution in [0.15, 0.2) is 18.2 Å². The topological polar surface area (TPSA) is 40.5 Å². The predicted molar refractivity (Wildman–Crippen MR) is 52.6 cm³/mol. The summed E-state index contributed by atoms with van der Waals surface area (Å²) in [4.78, 5) is 0. The monoisotopic (exact) mass is 198 g/mol. The molecule has 1 aromatic carbocycles. The first-order chi connectivity index (χ1) is 6.44. The summed E-state index contributed by atoms with van der Waals surface area (Å²) in [5.74, 6) is -0.952. The zero-order chi connectivity index (χ0) is 10.8. The minimum atomic E-state index is -0.615. The Morgan fingerprint density at radius 3 is 2.50 bits per heavy atom. The van der Waals surface area contributed by atoms with Crippen LogP contribution in [-0.4, -0.2) is 16.8 Å². The molecule has 1 rings (SSSR count). The van der Waals surface area contributed by atoms with Crippen molar-refractivity contribution in [1.29, 1.82) is 0 Å². The van der Waals surface area contributed by atoms with Gasteiger partial charge in [-0.3, -0.25) is 0 Å². The third-order valence-electron chi connectivity index (χ3n) is 2.12. The van der Waals surface area contributed by atoms with Crippen molar-refractivity contribution in [3.63, 3.8) is 0 Å². The number of hydrogen-bond donors (Lipinski definition) is 2. The zero-order valence-electron chi connectivity index (χ0n) is 8.42. The second kappa shape index (κ2) is 3.96. The van der Waals surface area contributed by atoms with Crippen molar-refractivity contribution in [3.05, 3.63) is 29.6 Å². The summed E-state index contributed by atoms with van der Waals surface area (Å²) >= 11 is 0. The summed E-state index contributed by atoms with van der Waals surface area (Å²) in [6.45, 7) is 3.85. The van der Waals surface area contributed by atoms with Gasteiger partial charge < -0.3 is 10.2 Å². The van der Waals surface area contributed by atoms with Crippen LogP contribution >= 0.6 is 0 Å². The number of aromatic hydroxyl groups is 1. The summed E-state index contributed by atoms with van der Waals surface area (Å²) in [6.07, 6.45) is 0.584. The number of rotatable bonds is 3. The van der Waals surface area contributed by atoms with E-state index in [1.807, 2.05) is 13.8 Å². The number of phenolic OH excluding ortho intramolecular Hbond substituents is 1. The normalized spacial score (nSPS) is 11.7. The Kier molecular flexibility index (Phi) is 3.11. The molecule has 2 nitrogen and oxygen atoms in total. The molecule has 0 unspecified atom stereocenters. The highest BCUT2D eigenvalue weighted by Gasteiger charge is 2.17. The largest absolute Gasteiger partial charge is 0.505 e. The van der Waals surface area contributed by atoms with Crippen LogP contribution in [-0.2, 0) is 6.42 Å². The average Bonchev–Trinajstić information content (AvgIpc) is 2.11. The zero-order valence-corrected chi connectivity index (χ0v) is 8.42. The van der Waals surface area contributed by atoms with Crippen LogP contribution < -0.4 is 0 Å². The van der Waals surface area contributed by atoms with Gasteiger partial charge in [0.05, 0.1) is 0 Å². The van der Waals surface area contributed by atoms with E-state index in [0.717, 1.165) is 5.56 Å². The second-order valence-corrected chi connectivity index (χ2v) is 4.28. The molecule has 0 aliphatic rings. The summed E-state index contributed by atoms with van der Waals surface area (Å²) in [5.41, 5.74) is 0.517. The van der Waals surface area contributed by atoms with E-state index in [9.17, 15) is 4.39 Å². The maximum atomic E-state index is 12.9. The molecule has 0 atom stereocenters. The molecule has 0 radical (unpaired) electrons. The Morgan fingerprint density at radius 2 is 2.00 bits per heavy atom. The van der Waals surface area contributed by atoms with Crippen LogP contribution in [0, 0.1) is 11.2 Å². The van der Waals surface area contributed by atoms with Crippen LogP contribution in [0.1, 0.15) is 19.4 Å². The van der Waals surface area contributed by atoms with Crippen molar-refractivity contribution in [2.24, 2.45) is 5.41 Å². The fourth-order valence-corrected chi connectivity index (χ4v) is 1.27. The van der Waals surface area contributed by atoms with Gasteiger partial charge in [-0.25, -0.2) is 4.39 Å². The summed E-state index contributed by atoms with van der Waals surface area (Å²) in [6, 6.07) is 4.29. The van der Waals surface area contributed by atoms with Gasteiger partial charge in [0.2, 0.25) is 0 Å². The van der Waals surface area contributed by atoms with E-state index in [1.165, 1.54) is 12.1 Å². The van der Waals surface area contributed by atoms with Gasteiger partial charge in [-0.1, -0.05) is 19.9 Å². The van der Waals surface area contributed by atoms with Gasteiger partial charge in [-0.05, 0) is 29.5 Å². The quantitative estimate of drug-likeness (QED) is 0.780. The average molecular weight is 198 g/mol. The molecule has 14 heavy (non-hydrogen) atoms. The van der Waals surface area contributed by atoms with Crippen molar-refractivity contribution in [2.45, 2.75) is 20.3 Å². The molecule has 0 aliphatic heterocycles. The Balaban J connectivity index is 2.83. The van der Waals surface area contributed by atoms with E-state index in [1.54, 1.807) is 6.07 Å². The van der Waals surface area contributed by atoms with Gasteiger partial charge in [0.15, 0.2) is 11.6 Å². The number of aliphatic hydroxyl groups is 1.